The summed E-state index contributed by atoms with van der Waals surface area (Å²) >= 11 is 0. The van der Waals surface area contributed by atoms with Crippen LogP contribution in [0.1, 0.15) is 11.3 Å². The van der Waals surface area contributed by atoms with Crippen LogP contribution in [-0.2, 0) is 18.0 Å². The number of fused-ring (bicyclic) bond motifs is 1. The molecule has 0 aliphatic carbocycles. The first-order chi connectivity index (χ1) is 14.1. The highest BCUT2D eigenvalue weighted by atomic mass is 19.4. The first kappa shape index (κ1) is 21.2. The Bertz CT molecular complexity index is 1100. The van der Waals surface area contributed by atoms with Crippen molar-refractivity contribution in [1.29, 1.82) is 0 Å². The summed E-state index contributed by atoms with van der Waals surface area (Å²) in [6.45, 7) is 0.914. The Morgan fingerprint density at radius 2 is 1.93 bits per heavy atom. The molecule has 3 rings (SSSR count). The molecule has 0 spiro atoms. The van der Waals surface area contributed by atoms with Crippen LogP contribution in [0.15, 0.2) is 24.3 Å². The zero-order chi connectivity index (χ0) is 22.1. The summed E-state index contributed by atoms with van der Waals surface area (Å²) in [5, 5.41) is 6.45. The first-order valence-corrected chi connectivity index (χ1v) is 8.70. The maximum Gasteiger partial charge on any atom is 0.417 e. The second kappa shape index (κ2) is 8.09. The molecule has 0 aliphatic rings. The molecule has 0 aliphatic heterocycles. The number of hydrogen-bond acceptors (Lipinski definition) is 6. The van der Waals surface area contributed by atoms with Gasteiger partial charge in [-0.3, -0.25) is 9.48 Å². The fourth-order valence-electron chi connectivity index (χ4n) is 2.95. The molecule has 1 amide bonds. The quantitative estimate of drug-likeness (QED) is 0.653. The van der Waals surface area contributed by atoms with Gasteiger partial charge in [0.25, 0.3) is 5.91 Å². The van der Waals surface area contributed by atoms with E-state index in [1.54, 1.807) is 18.2 Å². The van der Waals surface area contributed by atoms with Crippen LogP contribution in [0.4, 0.5) is 18.9 Å². The van der Waals surface area contributed by atoms with Crippen molar-refractivity contribution in [2.45, 2.75) is 13.1 Å². The van der Waals surface area contributed by atoms with E-state index in [1.165, 1.54) is 32.9 Å². The minimum Gasteiger partial charge on any atom is -0.497 e. The second-order valence-corrected chi connectivity index (χ2v) is 6.32. The number of aryl methyl sites for hydroxylation is 2. The van der Waals surface area contributed by atoms with Crippen LogP contribution in [0, 0.1) is 6.92 Å². The standard InChI is InChI=1S/C19H19F3N4O4/c1-10-17-12(19(20,21)22)8-16(24-18(17)26(2)25-10)30-9-15(27)23-13-6-5-11(28-3)7-14(13)29-4/h5-8H,9H2,1-4H3,(H,23,27). The summed E-state index contributed by atoms with van der Waals surface area (Å²) < 4.78 is 57.2. The molecule has 0 bridgehead atoms. The Morgan fingerprint density at radius 1 is 1.20 bits per heavy atom. The number of carbonyl (C=O) groups excluding carboxylic acids is 1. The van der Waals surface area contributed by atoms with Gasteiger partial charge in [-0.2, -0.15) is 23.3 Å². The van der Waals surface area contributed by atoms with Gasteiger partial charge in [-0.05, 0) is 19.1 Å². The van der Waals surface area contributed by atoms with Crippen molar-refractivity contribution < 1.29 is 32.2 Å². The van der Waals surface area contributed by atoms with Gasteiger partial charge < -0.3 is 19.5 Å². The third-order valence-corrected chi connectivity index (χ3v) is 4.28. The summed E-state index contributed by atoms with van der Waals surface area (Å²) in [4.78, 5) is 16.3. The number of halogens is 3. The van der Waals surface area contributed by atoms with Crippen LogP contribution < -0.4 is 19.5 Å². The molecule has 1 N–H and O–H groups in total. The van der Waals surface area contributed by atoms with Crippen molar-refractivity contribution in [3.8, 4) is 17.4 Å². The predicted molar refractivity (Wildman–Crippen MR) is 102 cm³/mol. The molecule has 0 unspecified atom stereocenters. The molecule has 0 fully saturated rings. The van der Waals surface area contributed by atoms with E-state index in [0.29, 0.717) is 17.2 Å². The maximum absolute atomic E-state index is 13.5. The highest BCUT2D eigenvalue weighted by molar-refractivity contribution is 5.93. The topological polar surface area (TPSA) is 87.5 Å². The highest BCUT2D eigenvalue weighted by Crippen LogP contribution is 2.37. The lowest BCUT2D eigenvalue weighted by atomic mass is 10.1. The largest absolute Gasteiger partial charge is 0.497 e. The number of ether oxygens (including phenoxy) is 3. The summed E-state index contributed by atoms with van der Waals surface area (Å²) in [5.41, 5.74) is -0.364. The molecule has 0 saturated heterocycles. The molecular formula is C19H19F3N4O4. The molecule has 160 valence electrons. The third-order valence-electron chi connectivity index (χ3n) is 4.28. The lowest BCUT2D eigenvalue weighted by Crippen LogP contribution is -2.21. The van der Waals surface area contributed by atoms with Gasteiger partial charge >= 0.3 is 6.18 Å². The predicted octanol–water partition coefficient (Wildman–Crippen LogP) is 3.33. The average molecular weight is 424 g/mol. The maximum atomic E-state index is 13.5. The molecule has 0 radical (unpaired) electrons. The van der Waals surface area contributed by atoms with Gasteiger partial charge in [-0.25, -0.2) is 0 Å². The van der Waals surface area contributed by atoms with Crippen molar-refractivity contribution in [1.82, 2.24) is 14.8 Å². The number of benzene rings is 1. The fraction of sp³-hybridized carbons (Fsp3) is 0.316. The summed E-state index contributed by atoms with van der Waals surface area (Å²) in [5.74, 6) is -0.0542. The number of pyridine rings is 1. The van der Waals surface area contributed by atoms with Crippen LogP contribution in [0.3, 0.4) is 0 Å². The minimum atomic E-state index is -4.63. The van der Waals surface area contributed by atoms with Crippen molar-refractivity contribution in [3.63, 3.8) is 0 Å². The number of alkyl halides is 3. The third kappa shape index (κ3) is 4.24. The van der Waals surface area contributed by atoms with Crippen LogP contribution in [-0.4, -0.2) is 41.5 Å². The van der Waals surface area contributed by atoms with E-state index in [1.807, 2.05) is 0 Å². The first-order valence-electron chi connectivity index (χ1n) is 8.70. The Morgan fingerprint density at radius 3 is 2.57 bits per heavy atom. The Hall–Kier alpha value is -3.50. The van der Waals surface area contributed by atoms with E-state index in [4.69, 9.17) is 14.2 Å². The second-order valence-electron chi connectivity index (χ2n) is 6.32. The number of aromatic nitrogens is 3. The number of hydrogen-bond donors (Lipinski definition) is 1. The van der Waals surface area contributed by atoms with Crippen molar-refractivity contribution in [2.24, 2.45) is 7.05 Å². The Balaban J connectivity index is 1.80. The van der Waals surface area contributed by atoms with Crippen molar-refractivity contribution in [3.05, 3.63) is 35.5 Å². The fourth-order valence-corrected chi connectivity index (χ4v) is 2.95. The zero-order valence-electron chi connectivity index (χ0n) is 16.6. The SMILES string of the molecule is COc1ccc(NC(=O)COc2cc(C(F)(F)F)c3c(C)nn(C)c3n2)c(OC)c1. The Kier molecular flexibility index (Phi) is 5.72. The molecule has 2 aromatic heterocycles. The van der Waals surface area contributed by atoms with Gasteiger partial charge in [0.1, 0.15) is 11.5 Å². The molecule has 8 nitrogen and oxygen atoms in total. The van der Waals surface area contributed by atoms with Gasteiger partial charge in [0, 0.05) is 19.2 Å². The number of nitrogens with zero attached hydrogens (tertiary/aromatic N) is 3. The number of rotatable bonds is 6. The molecular weight excluding hydrogens is 405 g/mol. The molecule has 11 heteroatoms. The molecule has 2 heterocycles. The normalized spacial score (nSPS) is 11.4. The Labute approximate surface area is 169 Å². The number of amides is 1. The van der Waals surface area contributed by atoms with E-state index in [2.05, 4.69) is 15.4 Å². The van der Waals surface area contributed by atoms with Crippen LogP contribution in [0.25, 0.3) is 11.0 Å². The minimum absolute atomic E-state index is 0.00885. The highest BCUT2D eigenvalue weighted by Gasteiger charge is 2.35. The molecule has 3 aromatic rings. The summed E-state index contributed by atoms with van der Waals surface area (Å²) in [7, 11) is 4.40. The number of carbonyl (C=O) groups is 1. The number of nitrogens with one attached hydrogen (secondary N) is 1. The van der Waals surface area contributed by atoms with Crippen molar-refractivity contribution in [2.75, 3.05) is 26.1 Å². The monoisotopic (exact) mass is 424 g/mol. The van der Waals surface area contributed by atoms with Crippen LogP contribution >= 0.6 is 0 Å². The zero-order valence-corrected chi connectivity index (χ0v) is 16.6. The van der Waals surface area contributed by atoms with E-state index < -0.39 is 24.3 Å². The molecule has 30 heavy (non-hydrogen) atoms. The van der Waals surface area contributed by atoms with Gasteiger partial charge in [0.15, 0.2) is 12.3 Å². The van der Waals surface area contributed by atoms with E-state index >= 15 is 0 Å². The summed E-state index contributed by atoms with van der Waals surface area (Å²) in [6, 6.07) is 5.53. The van der Waals surface area contributed by atoms with Gasteiger partial charge in [-0.15, -0.1) is 0 Å². The van der Waals surface area contributed by atoms with E-state index in [-0.39, 0.29) is 22.6 Å². The summed E-state index contributed by atoms with van der Waals surface area (Å²) in [6.07, 6.45) is -4.63. The lowest BCUT2D eigenvalue weighted by Gasteiger charge is -2.13. The molecule has 0 atom stereocenters. The number of methoxy groups -OCH3 is 2. The number of anilines is 1. The van der Waals surface area contributed by atoms with E-state index in [9.17, 15) is 18.0 Å². The molecule has 0 saturated carbocycles. The average Bonchev–Trinajstić information content (AvgIpc) is 2.99. The van der Waals surface area contributed by atoms with Gasteiger partial charge in [0.05, 0.1) is 36.6 Å². The molecule has 1 aromatic carbocycles. The van der Waals surface area contributed by atoms with Gasteiger partial charge in [-0.1, -0.05) is 0 Å². The van der Waals surface area contributed by atoms with Crippen molar-refractivity contribution >= 4 is 22.6 Å². The van der Waals surface area contributed by atoms with Crippen LogP contribution in [0.2, 0.25) is 0 Å². The van der Waals surface area contributed by atoms with Gasteiger partial charge in [0.2, 0.25) is 5.88 Å². The lowest BCUT2D eigenvalue weighted by molar-refractivity contribution is -0.136. The van der Waals surface area contributed by atoms with E-state index in [0.717, 1.165) is 6.07 Å². The van der Waals surface area contributed by atoms with Crippen LogP contribution in [0.5, 0.6) is 17.4 Å². The smallest absolute Gasteiger partial charge is 0.417 e.